The lowest BCUT2D eigenvalue weighted by Crippen LogP contribution is -2.34. The highest BCUT2D eigenvalue weighted by atomic mass is 35.5. The van der Waals surface area contributed by atoms with Crippen molar-refractivity contribution in [1.29, 1.82) is 0 Å². The fourth-order valence-electron chi connectivity index (χ4n) is 3.11. The highest BCUT2D eigenvalue weighted by Gasteiger charge is 2.30. The van der Waals surface area contributed by atoms with Crippen molar-refractivity contribution in [3.05, 3.63) is 65.3 Å². The van der Waals surface area contributed by atoms with Crippen LogP contribution in [-0.2, 0) is 4.79 Å². The van der Waals surface area contributed by atoms with E-state index in [2.05, 4.69) is 31.2 Å². The van der Waals surface area contributed by atoms with Gasteiger partial charge in [-0.15, -0.1) is 0 Å². The number of benzene rings is 2. The lowest BCUT2D eigenvalue weighted by atomic mass is 10.2. The largest absolute Gasteiger partial charge is 0.394 e. The van der Waals surface area contributed by atoms with E-state index >= 15 is 0 Å². The number of aliphatic hydroxyl groups is 1. The summed E-state index contributed by atoms with van der Waals surface area (Å²) in [6.45, 7) is 1.59. The maximum Gasteiger partial charge on any atom is 0.251 e. The Kier molecular flexibility index (Phi) is 7.24. The number of nitrogens with zero attached hydrogens (tertiary/aromatic N) is 2. The van der Waals surface area contributed by atoms with Gasteiger partial charge in [0.15, 0.2) is 5.82 Å². The molecular formula is C24H25ClN6O3. The van der Waals surface area contributed by atoms with E-state index in [0.717, 1.165) is 12.8 Å². The third-order valence-electron chi connectivity index (χ3n) is 5.18. The predicted molar refractivity (Wildman–Crippen MR) is 132 cm³/mol. The second-order valence-corrected chi connectivity index (χ2v) is 8.49. The molecule has 0 aliphatic heterocycles. The summed E-state index contributed by atoms with van der Waals surface area (Å²) in [5, 5.41) is 21.3. The van der Waals surface area contributed by atoms with Crippen molar-refractivity contribution in [2.75, 3.05) is 22.6 Å². The van der Waals surface area contributed by atoms with Crippen LogP contribution in [0.4, 0.5) is 28.8 Å². The number of carbonyl (C=O) groups is 2. The zero-order valence-corrected chi connectivity index (χ0v) is 19.3. The first-order valence-electron chi connectivity index (χ1n) is 10.9. The zero-order valence-electron chi connectivity index (χ0n) is 18.5. The summed E-state index contributed by atoms with van der Waals surface area (Å²) in [5.74, 6) is 0.504. The molecule has 176 valence electrons. The van der Waals surface area contributed by atoms with Crippen LogP contribution in [0.1, 0.15) is 30.1 Å². The Bertz CT molecular complexity index is 1180. The van der Waals surface area contributed by atoms with Crippen LogP contribution in [0.3, 0.4) is 0 Å². The second kappa shape index (κ2) is 10.5. The van der Waals surface area contributed by atoms with Gasteiger partial charge in [0.25, 0.3) is 5.91 Å². The maximum atomic E-state index is 12.2. The minimum Gasteiger partial charge on any atom is -0.394 e. The number of aromatic nitrogens is 2. The zero-order chi connectivity index (χ0) is 24.1. The topological polar surface area (TPSA) is 128 Å². The lowest BCUT2D eigenvalue weighted by Gasteiger charge is -2.14. The molecule has 1 aliphatic carbocycles. The Morgan fingerprint density at radius 1 is 1.09 bits per heavy atom. The standard InChI is InChI=1S/C24H25ClN6O3/c1-14(13-32)27-22(33)16-8-10-17(11-9-16)28-24-26-12-18(25)21(31-24)29-19-4-2-3-5-20(19)30-23(34)15-6-7-15/h2-5,8-12,14-15,32H,6-7,13H2,1H3,(H,27,33)(H,30,34)(H2,26,28,29,31). The molecule has 1 unspecified atom stereocenters. The van der Waals surface area contributed by atoms with Gasteiger partial charge in [-0.05, 0) is 56.2 Å². The molecule has 1 aliphatic rings. The van der Waals surface area contributed by atoms with Gasteiger partial charge in [0.1, 0.15) is 5.02 Å². The molecule has 1 atom stereocenters. The van der Waals surface area contributed by atoms with Crippen molar-refractivity contribution in [2.45, 2.75) is 25.8 Å². The molecule has 5 N–H and O–H groups in total. The average Bonchev–Trinajstić information content (AvgIpc) is 3.68. The third-order valence-corrected chi connectivity index (χ3v) is 5.46. The van der Waals surface area contributed by atoms with E-state index in [1.807, 2.05) is 24.3 Å². The fraction of sp³-hybridized carbons (Fsp3) is 0.250. The molecule has 1 aromatic heterocycles. The Morgan fingerprint density at radius 2 is 1.79 bits per heavy atom. The molecule has 34 heavy (non-hydrogen) atoms. The molecule has 3 aromatic rings. The van der Waals surface area contributed by atoms with E-state index in [1.54, 1.807) is 31.2 Å². The highest BCUT2D eigenvalue weighted by Crippen LogP contribution is 2.33. The van der Waals surface area contributed by atoms with Gasteiger partial charge < -0.3 is 26.4 Å². The van der Waals surface area contributed by atoms with Crippen LogP contribution in [0.5, 0.6) is 0 Å². The molecule has 0 bridgehead atoms. The quantitative estimate of drug-likeness (QED) is 0.312. The van der Waals surface area contributed by atoms with Gasteiger partial charge >= 0.3 is 0 Å². The van der Waals surface area contributed by atoms with E-state index in [-0.39, 0.29) is 30.4 Å². The molecule has 10 heteroatoms. The third kappa shape index (κ3) is 6.00. The second-order valence-electron chi connectivity index (χ2n) is 8.08. The van der Waals surface area contributed by atoms with Crippen LogP contribution in [0.2, 0.25) is 5.02 Å². The number of para-hydroxylation sites is 2. The molecule has 2 aromatic carbocycles. The van der Waals surface area contributed by atoms with Crippen molar-refractivity contribution in [1.82, 2.24) is 15.3 Å². The van der Waals surface area contributed by atoms with Crippen LogP contribution < -0.4 is 21.3 Å². The van der Waals surface area contributed by atoms with Crippen LogP contribution in [0.15, 0.2) is 54.7 Å². The SMILES string of the molecule is CC(CO)NC(=O)c1ccc(Nc2ncc(Cl)c(Nc3ccccc3NC(=O)C3CC3)n2)cc1. The summed E-state index contributed by atoms with van der Waals surface area (Å²) < 4.78 is 0. The summed E-state index contributed by atoms with van der Waals surface area (Å²) in [6.07, 6.45) is 3.31. The van der Waals surface area contributed by atoms with E-state index in [1.165, 1.54) is 6.20 Å². The highest BCUT2D eigenvalue weighted by molar-refractivity contribution is 6.33. The maximum absolute atomic E-state index is 12.2. The summed E-state index contributed by atoms with van der Waals surface area (Å²) in [4.78, 5) is 33.0. The number of amides is 2. The summed E-state index contributed by atoms with van der Waals surface area (Å²) in [6, 6.07) is 13.8. The first-order valence-corrected chi connectivity index (χ1v) is 11.3. The van der Waals surface area contributed by atoms with Gasteiger partial charge in [-0.25, -0.2) is 4.98 Å². The molecule has 1 heterocycles. The number of hydrogen-bond acceptors (Lipinski definition) is 7. The number of aliphatic hydroxyl groups excluding tert-OH is 1. The summed E-state index contributed by atoms with van der Waals surface area (Å²) >= 11 is 6.31. The lowest BCUT2D eigenvalue weighted by molar-refractivity contribution is -0.117. The Hall–Kier alpha value is -3.69. The molecule has 0 spiro atoms. The van der Waals surface area contributed by atoms with Crippen LogP contribution in [0.25, 0.3) is 0 Å². The van der Waals surface area contributed by atoms with Crippen molar-refractivity contribution in [3.8, 4) is 0 Å². The molecule has 9 nitrogen and oxygen atoms in total. The summed E-state index contributed by atoms with van der Waals surface area (Å²) in [5.41, 5.74) is 2.45. The van der Waals surface area contributed by atoms with E-state index in [4.69, 9.17) is 16.7 Å². The van der Waals surface area contributed by atoms with Gasteiger partial charge in [0.05, 0.1) is 24.2 Å². The smallest absolute Gasteiger partial charge is 0.251 e. The Morgan fingerprint density at radius 3 is 2.47 bits per heavy atom. The number of nitrogens with one attached hydrogen (secondary N) is 4. The minimum atomic E-state index is -0.328. The van der Waals surface area contributed by atoms with Gasteiger partial charge in [-0.2, -0.15) is 4.98 Å². The number of carbonyl (C=O) groups excluding carboxylic acids is 2. The van der Waals surface area contributed by atoms with Gasteiger partial charge in [0.2, 0.25) is 11.9 Å². The molecular weight excluding hydrogens is 456 g/mol. The van der Waals surface area contributed by atoms with Crippen molar-refractivity contribution in [2.24, 2.45) is 5.92 Å². The average molecular weight is 481 g/mol. The van der Waals surface area contributed by atoms with Crippen LogP contribution in [-0.4, -0.2) is 39.5 Å². The van der Waals surface area contributed by atoms with Gasteiger partial charge in [-0.1, -0.05) is 23.7 Å². The molecule has 0 saturated heterocycles. The van der Waals surface area contributed by atoms with Gasteiger partial charge in [0, 0.05) is 23.2 Å². The van der Waals surface area contributed by atoms with E-state index in [0.29, 0.717) is 39.4 Å². The Labute approximate surface area is 202 Å². The predicted octanol–water partition coefficient (Wildman–Crippen LogP) is 4.08. The van der Waals surface area contributed by atoms with Gasteiger partial charge in [-0.3, -0.25) is 9.59 Å². The van der Waals surface area contributed by atoms with Crippen molar-refractivity contribution in [3.63, 3.8) is 0 Å². The number of anilines is 5. The minimum absolute atomic E-state index is 0.00772. The van der Waals surface area contributed by atoms with Crippen molar-refractivity contribution >= 4 is 52.2 Å². The molecule has 1 fully saturated rings. The molecule has 0 radical (unpaired) electrons. The molecule has 4 rings (SSSR count). The summed E-state index contributed by atoms with van der Waals surface area (Å²) in [7, 11) is 0. The van der Waals surface area contributed by atoms with E-state index in [9.17, 15) is 9.59 Å². The van der Waals surface area contributed by atoms with Crippen LogP contribution in [0, 0.1) is 5.92 Å². The number of halogens is 1. The normalized spacial score (nSPS) is 13.6. The molecule has 1 saturated carbocycles. The molecule has 2 amide bonds. The monoisotopic (exact) mass is 480 g/mol. The Balaban J connectivity index is 1.46. The van der Waals surface area contributed by atoms with Crippen molar-refractivity contribution < 1.29 is 14.7 Å². The number of hydrogen-bond donors (Lipinski definition) is 5. The van der Waals surface area contributed by atoms with E-state index < -0.39 is 0 Å². The first-order chi connectivity index (χ1) is 16.4. The van der Waals surface area contributed by atoms with Crippen LogP contribution >= 0.6 is 11.6 Å². The fourth-order valence-corrected chi connectivity index (χ4v) is 3.25. The first kappa shape index (κ1) is 23.5. The number of rotatable bonds is 9.